The number of ketones is 1. The van der Waals surface area contributed by atoms with Crippen LogP contribution in [0.25, 0.3) is 0 Å². The van der Waals surface area contributed by atoms with Crippen molar-refractivity contribution in [1.82, 2.24) is 0 Å². The quantitative estimate of drug-likeness (QED) is 0.618. The van der Waals surface area contributed by atoms with Crippen molar-refractivity contribution < 1.29 is 13.9 Å². The predicted octanol–water partition coefficient (Wildman–Crippen LogP) is 3.43. The van der Waals surface area contributed by atoms with Gasteiger partial charge in [0.2, 0.25) is 0 Å². The number of rotatable bonds is 3. The largest absolute Gasteiger partial charge is 0.381 e. The van der Waals surface area contributed by atoms with Crippen LogP contribution in [0.3, 0.4) is 0 Å². The SMILES string of the molecule is O=C(CC1CCOCC1)c1ccc(F)cc1I. The van der Waals surface area contributed by atoms with E-state index in [1.54, 1.807) is 6.07 Å². The molecule has 2 nitrogen and oxygen atoms in total. The molecule has 4 heteroatoms. The molecule has 0 saturated carbocycles. The molecule has 17 heavy (non-hydrogen) atoms. The predicted molar refractivity (Wildman–Crippen MR) is 71.6 cm³/mol. The maximum atomic E-state index is 12.9. The number of ether oxygens (including phenoxy) is 1. The summed E-state index contributed by atoms with van der Waals surface area (Å²) in [7, 11) is 0. The van der Waals surface area contributed by atoms with E-state index >= 15 is 0 Å². The first kappa shape index (κ1) is 13.0. The second kappa shape index (κ2) is 5.91. The Balaban J connectivity index is 2.03. The molecular weight excluding hydrogens is 334 g/mol. The van der Waals surface area contributed by atoms with Gasteiger partial charge >= 0.3 is 0 Å². The fraction of sp³-hybridized carbons (Fsp3) is 0.462. The fourth-order valence-corrected chi connectivity index (χ4v) is 2.82. The van der Waals surface area contributed by atoms with E-state index in [-0.39, 0.29) is 11.6 Å². The molecule has 1 aromatic rings. The maximum Gasteiger partial charge on any atom is 0.164 e. The van der Waals surface area contributed by atoms with Crippen LogP contribution in [-0.4, -0.2) is 19.0 Å². The number of halogens is 2. The summed E-state index contributed by atoms with van der Waals surface area (Å²) < 4.78 is 18.9. The van der Waals surface area contributed by atoms with Crippen molar-refractivity contribution >= 4 is 28.4 Å². The Labute approximate surface area is 114 Å². The molecule has 1 fully saturated rings. The number of hydrogen-bond donors (Lipinski definition) is 0. The fourth-order valence-electron chi connectivity index (χ4n) is 2.04. The second-order valence-electron chi connectivity index (χ2n) is 4.31. The molecule has 0 unspecified atom stereocenters. The smallest absolute Gasteiger partial charge is 0.164 e. The van der Waals surface area contributed by atoms with Gasteiger partial charge in [0.15, 0.2) is 5.78 Å². The third-order valence-corrected chi connectivity index (χ3v) is 3.94. The minimum Gasteiger partial charge on any atom is -0.381 e. The van der Waals surface area contributed by atoms with Crippen molar-refractivity contribution in [2.45, 2.75) is 19.3 Å². The van der Waals surface area contributed by atoms with Crippen molar-refractivity contribution in [3.63, 3.8) is 0 Å². The molecule has 0 aromatic heterocycles. The van der Waals surface area contributed by atoms with Gasteiger partial charge in [-0.3, -0.25) is 4.79 Å². The highest BCUT2D eigenvalue weighted by Gasteiger charge is 2.19. The zero-order chi connectivity index (χ0) is 12.3. The molecule has 1 heterocycles. The Hall–Kier alpha value is -0.490. The average Bonchev–Trinajstić information content (AvgIpc) is 2.30. The van der Waals surface area contributed by atoms with Gasteiger partial charge in [-0.2, -0.15) is 0 Å². The maximum absolute atomic E-state index is 12.9. The normalized spacial score (nSPS) is 17.1. The molecule has 0 atom stereocenters. The molecule has 0 spiro atoms. The zero-order valence-electron chi connectivity index (χ0n) is 9.42. The molecule has 0 amide bonds. The van der Waals surface area contributed by atoms with Crippen molar-refractivity contribution in [3.05, 3.63) is 33.1 Å². The molecule has 0 N–H and O–H groups in total. The summed E-state index contributed by atoms with van der Waals surface area (Å²) in [4.78, 5) is 12.1. The van der Waals surface area contributed by atoms with Gasteiger partial charge in [0.1, 0.15) is 5.82 Å². The third kappa shape index (κ3) is 3.48. The summed E-state index contributed by atoms with van der Waals surface area (Å²) in [5.41, 5.74) is 0.637. The first-order valence-electron chi connectivity index (χ1n) is 5.73. The second-order valence-corrected chi connectivity index (χ2v) is 5.47. The van der Waals surface area contributed by atoms with E-state index in [0.717, 1.165) is 26.1 Å². The van der Waals surface area contributed by atoms with E-state index in [9.17, 15) is 9.18 Å². The van der Waals surface area contributed by atoms with Gasteiger partial charge in [-0.25, -0.2) is 4.39 Å². The van der Waals surface area contributed by atoms with Crippen molar-refractivity contribution in [3.8, 4) is 0 Å². The Bertz CT molecular complexity index is 414. The van der Waals surface area contributed by atoms with Crippen LogP contribution in [0.1, 0.15) is 29.6 Å². The molecule has 1 aliphatic rings. The first-order chi connectivity index (χ1) is 8.16. The molecular formula is C13H14FIO2. The Morgan fingerprint density at radius 1 is 1.41 bits per heavy atom. The molecule has 2 rings (SSSR count). The van der Waals surface area contributed by atoms with Crippen LogP contribution in [0.5, 0.6) is 0 Å². The van der Waals surface area contributed by atoms with E-state index in [2.05, 4.69) is 0 Å². The molecule has 1 aliphatic heterocycles. The van der Waals surface area contributed by atoms with Gasteiger partial charge in [0, 0.05) is 28.8 Å². The Morgan fingerprint density at radius 2 is 2.12 bits per heavy atom. The van der Waals surface area contributed by atoms with E-state index in [0.29, 0.717) is 21.5 Å². The third-order valence-electron chi connectivity index (χ3n) is 3.05. The van der Waals surface area contributed by atoms with Gasteiger partial charge in [0.05, 0.1) is 0 Å². The highest BCUT2D eigenvalue weighted by atomic mass is 127. The number of Topliss-reactive ketones (excluding diaryl/α,β-unsaturated/α-hetero) is 1. The topological polar surface area (TPSA) is 26.3 Å². The van der Waals surface area contributed by atoms with Crippen molar-refractivity contribution in [1.29, 1.82) is 0 Å². The molecule has 1 aromatic carbocycles. The average molecular weight is 348 g/mol. The molecule has 1 saturated heterocycles. The minimum atomic E-state index is -0.294. The molecule has 92 valence electrons. The molecule has 0 radical (unpaired) electrons. The van der Waals surface area contributed by atoms with Crippen LogP contribution in [0.15, 0.2) is 18.2 Å². The number of benzene rings is 1. The molecule has 0 bridgehead atoms. The van der Waals surface area contributed by atoms with Crippen LogP contribution in [0.4, 0.5) is 4.39 Å². The lowest BCUT2D eigenvalue weighted by atomic mass is 9.92. The van der Waals surface area contributed by atoms with E-state index in [1.807, 2.05) is 22.6 Å². The van der Waals surface area contributed by atoms with Crippen LogP contribution >= 0.6 is 22.6 Å². The van der Waals surface area contributed by atoms with Gasteiger partial charge in [-0.05, 0) is 59.5 Å². The van der Waals surface area contributed by atoms with Gasteiger partial charge in [-0.15, -0.1) is 0 Å². The van der Waals surface area contributed by atoms with Crippen molar-refractivity contribution in [2.24, 2.45) is 5.92 Å². The number of carbonyl (C=O) groups excluding carboxylic acids is 1. The number of carbonyl (C=O) groups is 1. The highest BCUT2D eigenvalue weighted by Crippen LogP contribution is 2.23. The van der Waals surface area contributed by atoms with E-state index < -0.39 is 0 Å². The summed E-state index contributed by atoms with van der Waals surface area (Å²) in [6.45, 7) is 1.50. The minimum absolute atomic E-state index is 0.112. The van der Waals surface area contributed by atoms with Crippen LogP contribution < -0.4 is 0 Å². The standard InChI is InChI=1S/C13H14FIO2/c14-10-1-2-11(12(15)8-10)13(16)7-9-3-5-17-6-4-9/h1-2,8-9H,3-7H2. The number of hydrogen-bond acceptors (Lipinski definition) is 2. The lowest BCUT2D eigenvalue weighted by molar-refractivity contribution is 0.0601. The summed E-state index contributed by atoms with van der Waals surface area (Å²) in [6.07, 6.45) is 2.44. The van der Waals surface area contributed by atoms with Gasteiger partial charge in [-0.1, -0.05) is 0 Å². The van der Waals surface area contributed by atoms with Crippen molar-refractivity contribution in [2.75, 3.05) is 13.2 Å². The van der Waals surface area contributed by atoms with Crippen LogP contribution in [0, 0.1) is 15.3 Å². The van der Waals surface area contributed by atoms with Gasteiger partial charge < -0.3 is 4.74 Å². The van der Waals surface area contributed by atoms with E-state index in [4.69, 9.17) is 4.74 Å². The zero-order valence-corrected chi connectivity index (χ0v) is 11.6. The summed E-state index contributed by atoms with van der Waals surface area (Å²) >= 11 is 2.01. The first-order valence-corrected chi connectivity index (χ1v) is 6.80. The van der Waals surface area contributed by atoms with Crippen LogP contribution in [0.2, 0.25) is 0 Å². The lowest BCUT2D eigenvalue weighted by Crippen LogP contribution is -2.19. The molecule has 0 aliphatic carbocycles. The van der Waals surface area contributed by atoms with E-state index in [1.165, 1.54) is 12.1 Å². The Morgan fingerprint density at radius 3 is 2.76 bits per heavy atom. The monoisotopic (exact) mass is 348 g/mol. The van der Waals surface area contributed by atoms with Crippen LogP contribution in [-0.2, 0) is 4.74 Å². The Kier molecular flexibility index (Phi) is 4.50. The summed E-state index contributed by atoms with van der Waals surface area (Å²) in [5, 5.41) is 0. The summed E-state index contributed by atoms with van der Waals surface area (Å²) in [5.74, 6) is 0.232. The summed E-state index contributed by atoms with van der Waals surface area (Å²) in [6, 6.07) is 4.33. The lowest BCUT2D eigenvalue weighted by Gasteiger charge is -2.21. The van der Waals surface area contributed by atoms with Gasteiger partial charge in [0.25, 0.3) is 0 Å². The highest BCUT2D eigenvalue weighted by molar-refractivity contribution is 14.1.